The Morgan fingerprint density at radius 1 is 0.683 bits per heavy atom. The number of nitrogens with one attached hydrogen (secondary N) is 1. The van der Waals surface area contributed by atoms with Gasteiger partial charge in [-0.05, 0) is 47.9 Å². The molecule has 5 nitrogen and oxygen atoms in total. The Bertz CT molecular complexity index is 2090. The first-order valence-corrected chi connectivity index (χ1v) is 13.7. The number of hydrogen-bond donors (Lipinski definition) is 1. The van der Waals surface area contributed by atoms with Gasteiger partial charge in [-0.15, -0.1) is 0 Å². The van der Waals surface area contributed by atoms with Crippen LogP contribution in [0.25, 0.3) is 55.2 Å². The van der Waals surface area contributed by atoms with Crippen molar-refractivity contribution in [1.82, 2.24) is 24.8 Å². The van der Waals surface area contributed by atoms with Gasteiger partial charge in [-0.2, -0.15) is 0 Å². The van der Waals surface area contributed by atoms with Crippen molar-refractivity contribution in [1.29, 1.82) is 0 Å². The number of nitrogens with zero attached hydrogens (tertiary/aromatic N) is 4. The summed E-state index contributed by atoms with van der Waals surface area (Å²) in [5.74, 6) is 0. The molecule has 1 aliphatic rings. The van der Waals surface area contributed by atoms with Gasteiger partial charge in [0.1, 0.15) is 0 Å². The third-order valence-corrected chi connectivity index (χ3v) is 7.80. The van der Waals surface area contributed by atoms with Crippen LogP contribution in [0.4, 0.5) is 0 Å². The minimum absolute atomic E-state index is 0.0551. The van der Waals surface area contributed by atoms with Gasteiger partial charge in [-0.1, -0.05) is 72.8 Å². The van der Waals surface area contributed by atoms with Crippen molar-refractivity contribution in [3.05, 3.63) is 151 Å². The number of benzene rings is 3. The fourth-order valence-electron chi connectivity index (χ4n) is 5.88. The lowest BCUT2D eigenvalue weighted by atomic mass is 10.0. The number of rotatable bonds is 4. The van der Waals surface area contributed by atoms with Crippen LogP contribution < -0.4 is 5.32 Å². The van der Waals surface area contributed by atoms with Gasteiger partial charge in [-0.25, -0.2) is 0 Å². The molecule has 0 saturated heterocycles. The predicted molar refractivity (Wildman–Crippen MR) is 167 cm³/mol. The lowest BCUT2D eigenvalue weighted by Gasteiger charge is -2.23. The zero-order chi connectivity index (χ0) is 27.2. The SMILES string of the molecule is C1=CC(c2cccc(-c3cccc(-n4c5ccccc5c5ccncc54)c3)n2)NC(c2cncc3ccccc23)=C1. The molecule has 7 aromatic rings. The number of hydrogen-bond acceptors (Lipinski definition) is 4. The van der Waals surface area contributed by atoms with E-state index in [4.69, 9.17) is 4.98 Å². The third kappa shape index (κ3) is 3.98. The largest absolute Gasteiger partial charge is 0.373 e. The summed E-state index contributed by atoms with van der Waals surface area (Å²) in [5, 5.41) is 8.40. The minimum Gasteiger partial charge on any atom is -0.373 e. The third-order valence-electron chi connectivity index (χ3n) is 7.80. The van der Waals surface area contributed by atoms with Crippen LogP contribution in [0.5, 0.6) is 0 Å². The molecule has 5 heteroatoms. The molecule has 0 spiro atoms. The maximum absolute atomic E-state index is 5.13. The Morgan fingerprint density at radius 2 is 1.54 bits per heavy atom. The van der Waals surface area contributed by atoms with Crippen molar-refractivity contribution in [2.75, 3.05) is 0 Å². The number of dihydropyridines is 1. The van der Waals surface area contributed by atoms with Crippen LogP contribution in [-0.4, -0.2) is 19.5 Å². The van der Waals surface area contributed by atoms with Crippen LogP contribution in [0.3, 0.4) is 0 Å². The number of allylic oxidation sites excluding steroid dienone is 2. The summed E-state index contributed by atoms with van der Waals surface area (Å²) in [4.78, 5) is 14.0. The molecule has 1 N–H and O–H groups in total. The average Bonchev–Trinajstić information content (AvgIpc) is 3.39. The predicted octanol–water partition coefficient (Wildman–Crippen LogP) is 8.03. The van der Waals surface area contributed by atoms with Gasteiger partial charge in [0.25, 0.3) is 0 Å². The molecule has 0 bridgehead atoms. The van der Waals surface area contributed by atoms with Crippen molar-refractivity contribution >= 4 is 38.3 Å². The van der Waals surface area contributed by atoms with Crippen LogP contribution in [0, 0.1) is 0 Å². The molecule has 8 rings (SSSR count). The molecule has 5 heterocycles. The highest BCUT2D eigenvalue weighted by molar-refractivity contribution is 6.09. The second kappa shape index (κ2) is 9.57. The molecule has 1 atom stereocenters. The summed E-state index contributed by atoms with van der Waals surface area (Å²) < 4.78 is 2.28. The first-order chi connectivity index (χ1) is 20.3. The van der Waals surface area contributed by atoms with Gasteiger partial charge in [0.2, 0.25) is 0 Å². The zero-order valence-electron chi connectivity index (χ0n) is 22.1. The van der Waals surface area contributed by atoms with E-state index in [1.807, 2.05) is 30.9 Å². The summed E-state index contributed by atoms with van der Waals surface area (Å²) >= 11 is 0. The first kappa shape index (κ1) is 23.3. The minimum atomic E-state index is -0.0551. The maximum Gasteiger partial charge on any atom is 0.0873 e. The summed E-state index contributed by atoms with van der Waals surface area (Å²) in [6.07, 6.45) is 14.0. The Balaban J connectivity index is 1.15. The fraction of sp³-hybridized carbons (Fsp3) is 0.0278. The Morgan fingerprint density at radius 3 is 2.51 bits per heavy atom. The molecule has 0 fully saturated rings. The Labute approximate surface area is 237 Å². The highest BCUT2D eigenvalue weighted by Crippen LogP contribution is 2.33. The van der Waals surface area contributed by atoms with Gasteiger partial charge in [-0.3, -0.25) is 15.0 Å². The van der Waals surface area contributed by atoms with Crippen LogP contribution >= 0.6 is 0 Å². The van der Waals surface area contributed by atoms with Crippen LogP contribution in [0.2, 0.25) is 0 Å². The summed E-state index contributed by atoms with van der Waals surface area (Å²) in [7, 11) is 0. The van der Waals surface area contributed by atoms with E-state index in [9.17, 15) is 0 Å². The quantitative estimate of drug-likeness (QED) is 0.252. The highest BCUT2D eigenvalue weighted by atomic mass is 15.0. The van der Waals surface area contributed by atoms with Crippen molar-refractivity contribution in [2.45, 2.75) is 6.04 Å². The van der Waals surface area contributed by atoms with Crippen molar-refractivity contribution < 1.29 is 0 Å². The molecule has 0 radical (unpaired) electrons. The first-order valence-electron chi connectivity index (χ1n) is 13.7. The maximum atomic E-state index is 5.13. The zero-order valence-corrected chi connectivity index (χ0v) is 22.1. The van der Waals surface area contributed by atoms with E-state index < -0.39 is 0 Å². The van der Waals surface area contributed by atoms with Crippen LogP contribution in [0.1, 0.15) is 17.3 Å². The smallest absolute Gasteiger partial charge is 0.0873 e. The summed E-state index contributed by atoms with van der Waals surface area (Å²) in [6, 6.07) is 33.7. The standard InChI is InChI=1S/C36H25N5/c1-2-11-27-25(8-1)21-38-22-30(27)32-14-7-16-34(40-32)33-15-6-13-31(39-33)24-9-5-10-26(20-24)41-35-17-4-3-12-28(35)29-18-19-37-23-36(29)41/h1-23,34,40H. The van der Waals surface area contributed by atoms with Gasteiger partial charge in [0.05, 0.1) is 34.7 Å². The van der Waals surface area contributed by atoms with E-state index in [-0.39, 0.29) is 6.04 Å². The van der Waals surface area contributed by atoms with E-state index in [0.717, 1.165) is 50.3 Å². The molecule has 1 aliphatic heterocycles. The van der Waals surface area contributed by atoms with Crippen molar-refractivity contribution in [2.24, 2.45) is 0 Å². The Kier molecular flexibility index (Phi) is 5.45. The van der Waals surface area contributed by atoms with Gasteiger partial charge < -0.3 is 9.88 Å². The molecule has 41 heavy (non-hydrogen) atoms. The second-order valence-electron chi connectivity index (χ2n) is 10.2. The van der Waals surface area contributed by atoms with Crippen LogP contribution in [-0.2, 0) is 0 Å². The molecular formula is C36H25N5. The van der Waals surface area contributed by atoms with Gasteiger partial charge >= 0.3 is 0 Å². The van der Waals surface area contributed by atoms with E-state index in [0.29, 0.717) is 0 Å². The van der Waals surface area contributed by atoms with Crippen molar-refractivity contribution in [3.8, 4) is 16.9 Å². The van der Waals surface area contributed by atoms with Crippen LogP contribution in [0.15, 0.2) is 140 Å². The molecule has 0 amide bonds. The monoisotopic (exact) mass is 527 g/mol. The molecule has 1 unspecified atom stereocenters. The van der Waals surface area contributed by atoms with E-state index in [2.05, 4.69) is 129 Å². The Hall–Kier alpha value is -5.55. The summed E-state index contributed by atoms with van der Waals surface area (Å²) in [6.45, 7) is 0. The molecule has 194 valence electrons. The second-order valence-corrected chi connectivity index (χ2v) is 10.2. The molecule has 4 aromatic heterocycles. The lowest BCUT2D eigenvalue weighted by molar-refractivity contribution is 0.738. The number of pyridine rings is 3. The normalized spacial score (nSPS) is 14.8. The topological polar surface area (TPSA) is 55.6 Å². The number of para-hydroxylation sites is 1. The molecular weight excluding hydrogens is 502 g/mol. The highest BCUT2D eigenvalue weighted by Gasteiger charge is 2.18. The molecule has 3 aromatic carbocycles. The number of aromatic nitrogens is 4. The molecule has 0 saturated carbocycles. The summed E-state index contributed by atoms with van der Waals surface area (Å²) in [5.41, 5.74) is 8.41. The molecule has 0 aliphatic carbocycles. The average molecular weight is 528 g/mol. The van der Waals surface area contributed by atoms with E-state index in [1.54, 1.807) is 0 Å². The van der Waals surface area contributed by atoms with Gasteiger partial charge in [0.15, 0.2) is 0 Å². The number of fused-ring (bicyclic) bond motifs is 4. The van der Waals surface area contributed by atoms with E-state index in [1.165, 1.54) is 16.2 Å². The lowest BCUT2D eigenvalue weighted by Crippen LogP contribution is -2.21. The van der Waals surface area contributed by atoms with E-state index >= 15 is 0 Å². The van der Waals surface area contributed by atoms with Gasteiger partial charge in [0, 0.05) is 57.3 Å². The van der Waals surface area contributed by atoms with Crippen molar-refractivity contribution in [3.63, 3.8) is 0 Å². The fourth-order valence-corrected chi connectivity index (χ4v) is 5.88.